The van der Waals surface area contributed by atoms with E-state index in [1.807, 2.05) is 35.2 Å². The quantitative estimate of drug-likeness (QED) is 0.838. The van der Waals surface area contributed by atoms with Gasteiger partial charge in [-0.15, -0.1) is 0 Å². The number of benzene rings is 1. The average molecular weight is 305 g/mol. The van der Waals surface area contributed by atoms with Gasteiger partial charge in [0.05, 0.1) is 0 Å². The lowest BCUT2D eigenvalue weighted by atomic mass is 10.2. The molecule has 1 aliphatic heterocycles. The molecule has 2 N–H and O–H groups in total. The van der Waals surface area contributed by atoms with E-state index < -0.39 is 0 Å². The zero-order chi connectivity index (χ0) is 15.8. The molecule has 1 atom stereocenters. The number of ether oxygens (including phenoxy) is 1. The number of likely N-dealkylation sites (tertiary alicyclic amines) is 1. The van der Waals surface area contributed by atoms with Crippen LogP contribution in [0.3, 0.4) is 0 Å². The van der Waals surface area contributed by atoms with Gasteiger partial charge in [-0.25, -0.2) is 4.79 Å². The molecule has 2 rings (SSSR count). The van der Waals surface area contributed by atoms with Crippen LogP contribution in [-0.2, 0) is 11.3 Å². The highest BCUT2D eigenvalue weighted by molar-refractivity contribution is 5.68. The van der Waals surface area contributed by atoms with Crippen molar-refractivity contribution in [3.63, 3.8) is 0 Å². The number of hydrogen-bond acceptors (Lipinski definition) is 4. The third-order valence-electron chi connectivity index (χ3n) is 4.18. The van der Waals surface area contributed by atoms with Crippen molar-refractivity contribution in [2.75, 3.05) is 32.7 Å². The number of hydrogen-bond donors (Lipinski definition) is 1. The van der Waals surface area contributed by atoms with E-state index in [-0.39, 0.29) is 12.1 Å². The van der Waals surface area contributed by atoms with Gasteiger partial charge in [-0.2, -0.15) is 0 Å². The highest BCUT2D eigenvalue weighted by Crippen LogP contribution is 2.19. The van der Waals surface area contributed by atoms with Crippen LogP contribution in [0.15, 0.2) is 30.3 Å². The molecule has 5 nitrogen and oxygen atoms in total. The summed E-state index contributed by atoms with van der Waals surface area (Å²) in [4.78, 5) is 16.5. The van der Waals surface area contributed by atoms with Gasteiger partial charge in [0.25, 0.3) is 0 Å². The Hall–Kier alpha value is -1.59. The molecule has 1 aromatic rings. The number of nitrogens with two attached hydrogens (primary N) is 1. The van der Waals surface area contributed by atoms with Gasteiger partial charge < -0.3 is 20.3 Å². The second kappa shape index (κ2) is 8.76. The summed E-state index contributed by atoms with van der Waals surface area (Å²) in [5.74, 6) is 0. The smallest absolute Gasteiger partial charge is 0.410 e. The summed E-state index contributed by atoms with van der Waals surface area (Å²) in [7, 11) is 0. The van der Waals surface area contributed by atoms with Gasteiger partial charge in [0.1, 0.15) is 6.61 Å². The Morgan fingerprint density at radius 1 is 1.41 bits per heavy atom. The summed E-state index contributed by atoms with van der Waals surface area (Å²) >= 11 is 0. The van der Waals surface area contributed by atoms with Crippen molar-refractivity contribution in [2.24, 2.45) is 5.73 Å². The van der Waals surface area contributed by atoms with Crippen LogP contribution in [0.25, 0.3) is 0 Å². The second-order valence-corrected chi connectivity index (χ2v) is 5.71. The SMILES string of the molecule is CCN(CCN)C[C@H]1CCCN1C(=O)OCc1ccccc1. The van der Waals surface area contributed by atoms with Crippen molar-refractivity contribution in [3.8, 4) is 0 Å². The predicted molar refractivity (Wildman–Crippen MR) is 87.5 cm³/mol. The van der Waals surface area contributed by atoms with Gasteiger partial charge in [-0.05, 0) is 24.9 Å². The fourth-order valence-corrected chi connectivity index (χ4v) is 2.93. The molecule has 0 aromatic heterocycles. The van der Waals surface area contributed by atoms with Crippen molar-refractivity contribution in [1.29, 1.82) is 0 Å². The number of rotatable bonds is 7. The lowest BCUT2D eigenvalue weighted by Crippen LogP contribution is -2.44. The van der Waals surface area contributed by atoms with Crippen molar-refractivity contribution in [2.45, 2.75) is 32.4 Å². The van der Waals surface area contributed by atoms with Crippen LogP contribution in [0.4, 0.5) is 4.79 Å². The first-order chi connectivity index (χ1) is 10.7. The van der Waals surface area contributed by atoms with E-state index in [9.17, 15) is 4.79 Å². The van der Waals surface area contributed by atoms with Gasteiger partial charge >= 0.3 is 6.09 Å². The third-order valence-corrected chi connectivity index (χ3v) is 4.18. The number of carbonyl (C=O) groups is 1. The molecule has 0 bridgehead atoms. The van der Waals surface area contributed by atoms with Crippen LogP contribution in [0, 0.1) is 0 Å². The Bertz CT molecular complexity index is 452. The largest absolute Gasteiger partial charge is 0.445 e. The summed E-state index contributed by atoms with van der Waals surface area (Å²) in [5, 5.41) is 0. The van der Waals surface area contributed by atoms with Crippen LogP contribution in [0.5, 0.6) is 0 Å². The molecular weight excluding hydrogens is 278 g/mol. The summed E-state index contributed by atoms with van der Waals surface area (Å²) in [6, 6.07) is 10.0. The topological polar surface area (TPSA) is 58.8 Å². The summed E-state index contributed by atoms with van der Waals surface area (Å²) in [6.07, 6.45) is 1.89. The minimum atomic E-state index is -0.199. The second-order valence-electron chi connectivity index (χ2n) is 5.71. The molecule has 1 aliphatic rings. The van der Waals surface area contributed by atoms with E-state index in [0.29, 0.717) is 13.2 Å². The fraction of sp³-hybridized carbons (Fsp3) is 0.588. The minimum Gasteiger partial charge on any atom is -0.445 e. The Morgan fingerprint density at radius 2 is 2.18 bits per heavy atom. The third kappa shape index (κ3) is 4.71. The van der Waals surface area contributed by atoms with E-state index in [2.05, 4.69) is 11.8 Å². The minimum absolute atomic E-state index is 0.199. The van der Waals surface area contributed by atoms with Crippen LogP contribution >= 0.6 is 0 Å². The molecule has 1 fully saturated rings. The summed E-state index contributed by atoms with van der Waals surface area (Å²) < 4.78 is 5.46. The lowest BCUT2D eigenvalue weighted by Gasteiger charge is -2.29. The number of nitrogens with zero attached hydrogens (tertiary/aromatic N) is 2. The molecule has 0 spiro atoms. The monoisotopic (exact) mass is 305 g/mol. The van der Waals surface area contributed by atoms with Gasteiger partial charge in [-0.3, -0.25) is 0 Å². The Labute approximate surface area is 133 Å². The molecule has 0 unspecified atom stereocenters. The van der Waals surface area contributed by atoms with E-state index in [4.69, 9.17) is 10.5 Å². The first kappa shape index (κ1) is 16.8. The molecule has 1 heterocycles. The molecule has 1 aromatic carbocycles. The standard InChI is InChI=1S/C17H27N3O2/c1-2-19(12-10-18)13-16-9-6-11-20(16)17(21)22-14-15-7-4-3-5-8-15/h3-5,7-8,16H,2,6,9-14,18H2,1H3/t16-/m1/s1. The molecule has 0 saturated carbocycles. The van der Waals surface area contributed by atoms with E-state index in [1.165, 1.54) is 0 Å². The Kier molecular flexibility index (Phi) is 6.68. The number of likely N-dealkylation sites (N-methyl/N-ethyl adjacent to an activating group) is 1. The Balaban J connectivity index is 1.85. The van der Waals surface area contributed by atoms with Gasteiger partial charge in [0.2, 0.25) is 0 Å². The van der Waals surface area contributed by atoms with Gasteiger partial charge in [0, 0.05) is 32.2 Å². The summed E-state index contributed by atoms with van der Waals surface area (Å²) in [5.41, 5.74) is 6.66. The predicted octanol–water partition coefficient (Wildman–Crippen LogP) is 2.07. The number of amides is 1. The fourth-order valence-electron chi connectivity index (χ4n) is 2.93. The highest BCUT2D eigenvalue weighted by Gasteiger charge is 2.30. The molecule has 5 heteroatoms. The lowest BCUT2D eigenvalue weighted by molar-refractivity contribution is 0.0846. The summed E-state index contributed by atoms with van der Waals surface area (Å²) in [6.45, 7) is 6.62. The zero-order valence-corrected chi connectivity index (χ0v) is 13.4. The highest BCUT2D eigenvalue weighted by atomic mass is 16.6. The molecular formula is C17H27N3O2. The van der Waals surface area contributed by atoms with Gasteiger partial charge in [-0.1, -0.05) is 37.3 Å². The van der Waals surface area contributed by atoms with Crippen molar-refractivity contribution in [3.05, 3.63) is 35.9 Å². The molecule has 1 saturated heterocycles. The maximum absolute atomic E-state index is 12.3. The van der Waals surface area contributed by atoms with Crippen LogP contribution in [-0.4, -0.2) is 54.7 Å². The van der Waals surface area contributed by atoms with E-state index in [1.54, 1.807) is 0 Å². The van der Waals surface area contributed by atoms with E-state index in [0.717, 1.165) is 44.6 Å². The molecule has 1 amide bonds. The van der Waals surface area contributed by atoms with Crippen molar-refractivity contribution >= 4 is 6.09 Å². The van der Waals surface area contributed by atoms with Crippen LogP contribution in [0.1, 0.15) is 25.3 Å². The van der Waals surface area contributed by atoms with Gasteiger partial charge in [0.15, 0.2) is 0 Å². The number of carbonyl (C=O) groups excluding carboxylic acids is 1. The first-order valence-corrected chi connectivity index (χ1v) is 8.14. The van der Waals surface area contributed by atoms with E-state index >= 15 is 0 Å². The van der Waals surface area contributed by atoms with Crippen LogP contribution < -0.4 is 5.73 Å². The normalized spacial score (nSPS) is 18.0. The Morgan fingerprint density at radius 3 is 2.86 bits per heavy atom. The van der Waals surface area contributed by atoms with Crippen LogP contribution in [0.2, 0.25) is 0 Å². The average Bonchev–Trinajstić information content (AvgIpc) is 3.01. The maximum atomic E-state index is 12.3. The van der Waals surface area contributed by atoms with Crippen molar-refractivity contribution < 1.29 is 9.53 Å². The molecule has 122 valence electrons. The van der Waals surface area contributed by atoms with Crippen molar-refractivity contribution in [1.82, 2.24) is 9.80 Å². The first-order valence-electron chi connectivity index (χ1n) is 8.14. The maximum Gasteiger partial charge on any atom is 0.410 e. The zero-order valence-electron chi connectivity index (χ0n) is 13.4. The molecule has 22 heavy (non-hydrogen) atoms. The molecule has 0 aliphatic carbocycles. The molecule has 0 radical (unpaired) electrons.